The third kappa shape index (κ3) is 4.76. The molecular weight excluding hydrogens is 380 g/mol. The number of carbonyl (C=O) groups is 2. The highest BCUT2D eigenvalue weighted by Gasteiger charge is 2.04. The van der Waals surface area contributed by atoms with Gasteiger partial charge in [0, 0.05) is 11.1 Å². The minimum Gasteiger partial charge on any atom is -0.298 e. The summed E-state index contributed by atoms with van der Waals surface area (Å²) < 4.78 is 0. The van der Waals surface area contributed by atoms with E-state index in [2.05, 4.69) is 61.6 Å². The molecule has 0 saturated heterocycles. The van der Waals surface area contributed by atoms with Crippen LogP contribution in [0.2, 0.25) is 0 Å². The number of hydrogen-bond donors (Lipinski definition) is 0. The number of rotatable bonds is 6. The van der Waals surface area contributed by atoms with E-state index in [0.717, 1.165) is 34.8 Å². The summed E-state index contributed by atoms with van der Waals surface area (Å²) in [6.45, 7) is 2.10. The fourth-order valence-corrected chi connectivity index (χ4v) is 3.54. The van der Waals surface area contributed by atoms with E-state index in [-0.39, 0.29) is 0 Å². The van der Waals surface area contributed by atoms with Crippen molar-refractivity contribution in [2.45, 2.75) is 6.92 Å². The minimum atomic E-state index is 0.669. The Kier molecular flexibility index (Phi) is 6.00. The van der Waals surface area contributed by atoms with Crippen molar-refractivity contribution in [3.8, 4) is 0 Å². The zero-order valence-electron chi connectivity index (χ0n) is 17.3. The molecule has 0 heterocycles. The van der Waals surface area contributed by atoms with Crippen molar-refractivity contribution in [1.82, 2.24) is 0 Å². The summed E-state index contributed by atoms with van der Waals surface area (Å²) in [5, 5.41) is 2.38. The molecule has 4 aromatic carbocycles. The molecule has 2 heteroatoms. The topological polar surface area (TPSA) is 34.1 Å². The molecule has 150 valence electrons. The normalized spacial score (nSPS) is 11.4. The first-order chi connectivity index (χ1) is 15.2. The van der Waals surface area contributed by atoms with Gasteiger partial charge in [-0.2, -0.15) is 0 Å². The van der Waals surface area contributed by atoms with Gasteiger partial charge in [0.2, 0.25) is 0 Å². The van der Waals surface area contributed by atoms with Gasteiger partial charge in [-0.3, -0.25) is 9.59 Å². The Hall–Kier alpha value is -4.04. The number of fused-ring (bicyclic) bond motifs is 1. The second kappa shape index (κ2) is 9.19. The molecule has 4 rings (SSSR count). The second-order valence-electron chi connectivity index (χ2n) is 7.53. The first-order valence-corrected chi connectivity index (χ1v) is 10.2. The second-order valence-corrected chi connectivity index (χ2v) is 7.53. The molecule has 0 N–H and O–H groups in total. The van der Waals surface area contributed by atoms with Crippen molar-refractivity contribution in [1.29, 1.82) is 0 Å². The molecule has 0 fully saturated rings. The summed E-state index contributed by atoms with van der Waals surface area (Å²) in [6.07, 6.45) is 10.1. The van der Waals surface area contributed by atoms with Crippen molar-refractivity contribution in [2.75, 3.05) is 0 Å². The fourth-order valence-electron chi connectivity index (χ4n) is 3.54. The van der Waals surface area contributed by atoms with Crippen molar-refractivity contribution in [3.63, 3.8) is 0 Å². The van der Waals surface area contributed by atoms with Gasteiger partial charge in [-0.1, -0.05) is 109 Å². The zero-order valence-corrected chi connectivity index (χ0v) is 17.3. The Bertz CT molecular complexity index is 1290. The van der Waals surface area contributed by atoms with Crippen molar-refractivity contribution in [2.24, 2.45) is 0 Å². The Morgan fingerprint density at radius 2 is 1.06 bits per heavy atom. The molecular formula is C29H22O2. The largest absolute Gasteiger partial charge is 0.298 e. The molecule has 0 atom stereocenters. The lowest BCUT2D eigenvalue weighted by Gasteiger charge is -2.09. The monoisotopic (exact) mass is 402 g/mol. The van der Waals surface area contributed by atoms with Crippen LogP contribution >= 0.6 is 0 Å². The maximum atomic E-state index is 10.9. The van der Waals surface area contributed by atoms with Crippen LogP contribution in [0.4, 0.5) is 0 Å². The van der Waals surface area contributed by atoms with Crippen LogP contribution in [0.5, 0.6) is 0 Å². The quantitative estimate of drug-likeness (QED) is 0.254. The Balaban J connectivity index is 1.76. The molecule has 0 spiro atoms. The predicted octanol–water partition coefficient (Wildman–Crippen LogP) is 7.11. The molecule has 0 bridgehead atoms. The summed E-state index contributed by atoms with van der Waals surface area (Å²) in [4.78, 5) is 21.8. The maximum absolute atomic E-state index is 10.9. The smallest absolute Gasteiger partial charge is 0.150 e. The van der Waals surface area contributed by atoms with Gasteiger partial charge in [0.15, 0.2) is 0 Å². The van der Waals surface area contributed by atoms with Gasteiger partial charge in [-0.05, 0) is 39.9 Å². The molecule has 0 aliphatic heterocycles. The van der Waals surface area contributed by atoms with E-state index >= 15 is 0 Å². The van der Waals surface area contributed by atoms with E-state index in [4.69, 9.17) is 0 Å². The highest BCUT2D eigenvalue weighted by atomic mass is 16.1. The summed E-state index contributed by atoms with van der Waals surface area (Å²) in [7, 11) is 0. The van der Waals surface area contributed by atoms with Crippen molar-refractivity contribution in [3.05, 3.63) is 118 Å². The van der Waals surface area contributed by atoms with E-state index in [0.29, 0.717) is 11.1 Å². The van der Waals surface area contributed by atoms with Gasteiger partial charge >= 0.3 is 0 Å². The summed E-state index contributed by atoms with van der Waals surface area (Å²) in [6, 6.07) is 25.8. The van der Waals surface area contributed by atoms with Crippen molar-refractivity contribution < 1.29 is 9.59 Å². The average molecular weight is 402 g/mol. The molecule has 0 unspecified atom stereocenters. The number of aryl methyl sites for hydroxylation is 1. The lowest BCUT2D eigenvalue weighted by molar-refractivity contribution is 0.111. The van der Waals surface area contributed by atoms with Crippen LogP contribution in [-0.4, -0.2) is 12.6 Å². The molecule has 2 nitrogen and oxygen atoms in total. The first kappa shape index (κ1) is 20.2. The van der Waals surface area contributed by atoms with Gasteiger partial charge < -0.3 is 0 Å². The van der Waals surface area contributed by atoms with Crippen LogP contribution in [0.3, 0.4) is 0 Å². The van der Waals surface area contributed by atoms with Crippen LogP contribution in [0.25, 0.3) is 35.1 Å². The number of hydrogen-bond acceptors (Lipinski definition) is 2. The van der Waals surface area contributed by atoms with Crippen LogP contribution in [0.1, 0.15) is 48.5 Å². The Morgan fingerprint density at radius 1 is 0.548 bits per heavy atom. The molecule has 0 radical (unpaired) electrons. The van der Waals surface area contributed by atoms with Gasteiger partial charge in [0.1, 0.15) is 12.6 Å². The van der Waals surface area contributed by atoms with E-state index in [1.54, 1.807) is 0 Å². The summed E-state index contributed by atoms with van der Waals surface area (Å²) >= 11 is 0. The first-order valence-electron chi connectivity index (χ1n) is 10.2. The third-order valence-corrected chi connectivity index (χ3v) is 5.30. The fraction of sp³-hybridized carbons (Fsp3) is 0.0345. The molecule has 0 amide bonds. The van der Waals surface area contributed by atoms with Gasteiger partial charge in [0.25, 0.3) is 0 Å². The standard InChI is InChI=1S/C29H22O2/c1-21-2-13-27-16-15-26(14-11-22-3-7-24(19-30)8-4-22)28(29(27)18-21)17-12-23-5-9-25(20-31)10-6-23/h2-20H,1H3/b14-11+,17-12+. The Morgan fingerprint density at radius 3 is 1.65 bits per heavy atom. The predicted molar refractivity (Wildman–Crippen MR) is 130 cm³/mol. The van der Waals surface area contributed by atoms with E-state index < -0.39 is 0 Å². The van der Waals surface area contributed by atoms with Gasteiger partial charge in [0.05, 0.1) is 0 Å². The zero-order chi connectivity index (χ0) is 21.6. The molecule has 0 saturated carbocycles. The van der Waals surface area contributed by atoms with E-state index in [1.807, 2.05) is 48.5 Å². The third-order valence-electron chi connectivity index (χ3n) is 5.30. The lowest BCUT2D eigenvalue weighted by atomic mass is 9.95. The minimum absolute atomic E-state index is 0.669. The molecule has 0 aliphatic rings. The molecule has 0 aromatic heterocycles. The highest BCUT2D eigenvalue weighted by molar-refractivity contribution is 5.97. The number of carbonyl (C=O) groups excluding carboxylic acids is 2. The van der Waals surface area contributed by atoms with Crippen LogP contribution in [0, 0.1) is 6.92 Å². The van der Waals surface area contributed by atoms with Crippen molar-refractivity contribution >= 4 is 47.6 Å². The SMILES string of the molecule is Cc1ccc2ccc(/C=C/c3ccc(C=O)cc3)c(/C=C/c3ccc(C=O)cc3)c2c1. The Labute approximate surface area is 182 Å². The summed E-state index contributed by atoms with van der Waals surface area (Å²) in [5.41, 5.74) is 6.87. The number of benzene rings is 4. The van der Waals surface area contributed by atoms with Crippen LogP contribution in [-0.2, 0) is 0 Å². The summed E-state index contributed by atoms with van der Waals surface area (Å²) in [5.74, 6) is 0. The highest BCUT2D eigenvalue weighted by Crippen LogP contribution is 2.27. The van der Waals surface area contributed by atoms with Gasteiger partial charge in [-0.25, -0.2) is 0 Å². The van der Waals surface area contributed by atoms with E-state index in [9.17, 15) is 9.59 Å². The average Bonchev–Trinajstić information content (AvgIpc) is 2.82. The molecule has 31 heavy (non-hydrogen) atoms. The molecule has 0 aliphatic carbocycles. The molecule has 4 aromatic rings. The van der Waals surface area contributed by atoms with Gasteiger partial charge in [-0.15, -0.1) is 0 Å². The van der Waals surface area contributed by atoms with Crippen LogP contribution < -0.4 is 0 Å². The maximum Gasteiger partial charge on any atom is 0.150 e. The lowest BCUT2D eigenvalue weighted by Crippen LogP contribution is -1.86. The van der Waals surface area contributed by atoms with Crippen LogP contribution in [0.15, 0.2) is 78.9 Å². The van der Waals surface area contributed by atoms with E-state index in [1.165, 1.54) is 16.3 Å². The number of aldehydes is 2.